The first-order valence-electron chi connectivity index (χ1n) is 8.53. The molecule has 3 rings (SSSR count). The summed E-state index contributed by atoms with van der Waals surface area (Å²) >= 11 is 0.756. The number of furan rings is 1. The lowest BCUT2D eigenvalue weighted by Gasteiger charge is -2.01. The van der Waals surface area contributed by atoms with E-state index in [1.165, 1.54) is 12.1 Å². The van der Waals surface area contributed by atoms with E-state index in [1.807, 2.05) is 18.2 Å². The molecular weight excluding hydrogens is 412 g/mol. The Kier molecular flexibility index (Phi) is 6.86. The van der Waals surface area contributed by atoms with Gasteiger partial charge in [-0.2, -0.15) is 17.2 Å². The maximum absolute atomic E-state index is 12.4. The summed E-state index contributed by atoms with van der Waals surface area (Å²) in [5.41, 5.74) is 0.779. The van der Waals surface area contributed by atoms with Gasteiger partial charge < -0.3 is 9.30 Å². The normalized spacial score (nSPS) is 12.8. The van der Waals surface area contributed by atoms with Gasteiger partial charge in [-0.3, -0.25) is 0 Å². The van der Waals surface area contributed by atoms with Crippen LogP contribution >= 0.6 is 12.2 Å². The highest BCUT2D eigenvalue weighted by Gasteiger charge is 2.15. The Balaban J connectivity index is 1.64. The predicted octanol–water partition coefficient (Wildman–Crippen LogP) is 4.86. The minimum atomic E-state index is -3.81. The maximum Gasteiger partial charge on any atom is 0.282 e. The highest BCUT2D eigenvalue weighted by molar-refractivity contribution is 7.93. The van der Waals surface area contributed by atoms with Crippen LogP contribution in [0, 0.1) is 0 Å². The first-order chi connectivity index (χ1) is 14.0. The van der Waals surface area contributed by atoms with Crippen molar-refractivity contribution in [3.05, 3.63) is 84.3 Å². The molecule has 0 atom stereocenters. The Morgan fingerprint density at radius 3 is 2.10 bits per heavy atom. The summed E-state index contributed by atoms with van der Waals surface area (Å²) in [6.45, 7) is 3.30. The van der Waals surface area contributed by atoms with Crippen LogP contribution in [0.15, 0.2) is 90.9 Å². The summed E-state index contributed by atoms with van der Waals surface area (Å²) < 4.78 is 43.3. The monoisotopic (exact) mass is 430 g/mol. The van der Waals surface area contributed by atoms with Gasteiger partial charge in [0.05, 0.1) is 16.3 Å². The SMILES string of the molecule is C/C(=N/S(=O)(=O)c1ccccc1)c1ccc(/C(C)=N/SOOc2ccccc2)o1. The molecule has 3 aromatic rings. The molecule has 0 aliphatic rings. The Bertz CT molecular complexity index is 1110. The minimum absolute atomic E-state index is 0.121. The van der Waals surface area contributed by atoms with Crippen LogP contribution in [0.2, 0.25) is 0 Å². The first-order valence-corrected chi connectivity index (χ1v) is 10.7. The van der Waals surface area contributed by atoms with Gasteiger partial charge in [-0.15, -0.1) is 0 Å². The molecule has 0 radical (unpaired) electrons. The molecule has 0 aliphatic heterocycles. The summed E-state index contributed by atoms with van der Waals surface area (Å²) in [4.78, 5) is 5.19. The van der Waals surface area contributed by atoms with Crippen molar-refractivity contribution in [2.75, 3.05) is 0 Å². The number of para-hydroxylation sites is 1. The highest BCUT2D eigenvalue weighted by atomic mass is 32.2. The molecule has 2 aromatic carbocycles. The molecule has 7 nitrogen and oxygen atoms in total. The van der Waals surface area contributed by atoms with Crippen LogP contribution in [-0.2, 0) is 14.4 Å². The molecule has 1 aromatic heterocycles. The first kappa shape index (κ1) is 20.8. The van der Waals surface area contributed by atoms with Gasteiger partial charge >= 0.3 is 0 Å². The van der Waals surface area contributed by atoms with E-state index in [0.29, 0.717) is 23.0 Å². The Hall–Kier alpha value is -2.88. The zero-order valence-electron chi connectivity index (χ0n) is 15.7. The van der Waals surface area contributed by atoms with Gasteiger partial charge in [0, 0.05) is 0 Å². The number of hydrogen-bond donors (Lipinski definition) is 0. The van der Waals surface area contributed by atoms with Crippen LogP contribution in [0.1, 0.15) is 25.4 Å². The van der Waals surface area contributed by atoms with Gasteiger partial charge in [-0.05, 0) is 50.2 Å². The largest absolute Gasteiger partial charge is 0.453 e. The van der Waals surface area contributed by atoms with Crippen molar-refractivity contribution in [2.24, 2.45) is 8.80 Å². The van der Waals surface area contributed by atoms with Crippen molar-refractivity contribution in [1.82, 2.24) is 0 Å². The van der Waals surface area contributed by atoms with E-state index in [2.05, 4.69) is 8.80 Å². The molecule has 1 heterocycles. The fraction of sp³-hybridized carbons (Fsp3) is 0.100. The molecule has 0 bridgehead atoms. The molecule has 0 saturated carbocycles. The second-order valence-corrected chi connectivity index (χ2v) is 7.92. The van der Waals surface area contributed by atoms with Crippen LogP contribution in [0.3, 0.4) is 0 Å². The third-order valence-electron chi connectivity index (χ3n) is 3.70. The van der Waals surface area contributed by atoms with E-state index in [-0.39, 0.29) is 10.6 Å². The lowest BCUT2D eigenvalue weighted by molar-refractivity contribution is -0.0776. The van der Waals surface area contributed by atoms with Crippen molar-refractivity contribution >= 4 is 33.7 Å². The van der Waals surface area contributed by atoms with E-state index in [1.54, 1.807) is 56.3 Å². The second-order valence-electron chi connectivity index (χ2n) is 5.84. The van der Waals surface area contributed by atoms with Gasteiger partial charge in [0.1, 0.15) is 11.5 Å². The minimum Gasteiger partial charge on any atom is -0.453 e. The molecule has 29 heavy (non-hydrogen) atoms. The summed E-state index contributed by atoms with van der Waals surface area (Å²) in [5.74, 6) is 1.35. The van der Waals surface area contributed by atoms with Crippen LogP contribution in [0.25, 0.3) is 0 Å². The van der Waals surface area contributed by atoms with E-state index in [4.69, 9.17) is 13.6 Å². The smallest absolute Gasteiger partial charge is 0.282 e. The topological polar surface area (TPSA) is 90.5 Å². The zero-order valence-corrected chi connectivity index (χ0v) is 17.3. The standard InChI is InChI=1S/C20H18N2O5S2/c1-15(21-28-27-26-17-9-5-3-6-10-17)19-13-14-20(25-19)16(2)22-29(23,24)18-11-7-4-8-12-18/h3-14H,1-2H3/b21-15+,22-16-. The van der Waals surface area contributed by atoms with Crippen molar-refractivity contribution in [3.63, 3.8) is 0 Å². The third-order valence-corrected chi connectivity index (χ3v) is 5.55. The molecule has 0 aliphatic carbocycles. The Morgan fingerprint density at radius 2 is 1.45 bits per heavy atom. The Morgan fingerprint density at radius 1 is 0.862 bits per heavy atom. The molecular formula is C20H18N2O5S2. The number of benzene rings is 2. The summed E-state index contributed by atoms with van der Waals surface area (Å²) in [7, 11) is -3.81. The van der Waals surface area contributed by atoms with Gasteiger partial charge in [0.25, 0.3) is 10.0 Å². The van der Waals surface area contributed by atoms with E-state index >= 15 is 0 Å². The summed E-state index contributed by atoms with van der Waals surface area (Å²) in [6, 6.07) is 20.3. The highest BCUT2D eigenvalue weighted by Crippen LogP contribution is 2.18. The number of hydrogen-bond acceptors (Lipinski definition) is 7. The van der Waals surface area contributed by atoms with Crippen molar-refractivity contribution in [3.8, 4) is 5.75 Å². The zero-order chi connectivity index (χ0) is 20.7. The summed E-state index contributed by atoms with van der Waals surface area (Å²) in [6.07, 6.45) is 0. The molecule has 0 fully saturated rings. The third kappa shape index (κ3) is 5.80. The molecule has 150 valence electrons. The summed E-state index contributed by atoms with van der Waals surface area (Å²) in [5, 5.41) is 0. The molecule has 9 heteroatoms. The molecule has 0 amide bonds. The van der Waals surface area contributed by atoms with E-state index < -0.39 is 10.0 Å². The van der Waals surface area contributed by atoms with Crippen LogP contribution in [-0.4, -0.2) is 19.8 Å². The van der Waals surface area contributed by atoms with Crippen LogP contribution < -0.4 is 4.89 Å². The molecule has 0 saturated heterocycles. The van der Waals surface area contributed by atoms with E-state index in [9.17, 15) is 8.42 Å². The quantitative estimate of drug-likeness (QED) is 0.127. The van der Waals surface area contributed by atoms with Crippen LogP contribution in [0.5, 0.6) is 5.75 Å². The fourth-order valence-electron chi connectivity index (χ4n) is 2.24. The van der Waals surface area contributed by atoms with Crippen molar-refractivity contribution in [1.29, 1.82) is 0 Å². The molecule has 0 spiro atoms. The average molecular weight is 431 g/mol. The average Bonchev–Trinajstić information content (AvgIpc) is 3.23. The molecule has 0 N–H and O–H groups in total. The lowest BCUT2D eigenvalue weighted by Crippen LogP contribution is -2.02. The van der Waals surface area contributed by atoms with Gasteiger partial charge in [-0.1, -0.05) is 40.7 Å². The van der Waals surface area contributed by atoms with Crippen LogP contribution in [0.4, 0.5) is 0 Å². The fourth-order valence-corrected chi connectivity index (χ4v) is 3.64. The van der Waals surface area contributed by atoms with Crippen molar-refractivity contribution in [2.45, 2.75) is 18.7 Å². The number of sulfonamides is 1. The predicted molar refractivity (Wildman–Crippen MR) is 113 cm³/mol. The van der Waals surface area contributed by atoms with Gasteiger partial charge in [-0.25, -0.2) is 0 Å². The van der Waals surface area contributed by atoms with Crippen molar-refractivity contribution < 1.29 is 22.1 Å². The lowest BCUT2D eigenvalue weighted by atomic mass is 10.3. The van der Waals surface area contributed by atoms with E-state index in [0.717, 1.165) is 12.2 Å². The molecule has 0 unspecified atom stereocenters. The Labute approximate surface area is 173 Å². The number of nitrogens with zero attached hydrogens (tertiary/aromatic N) is 2. The second kappa shape index (κ2) is 9.55. The number of rotatable bonds is 8. The van der Waals surface area contributed by atoms with Gasteiger partial charge in [0.15, 0.2) is 18.0 Å². The van der Waals surface area contributed by atoms with Gasteiger partial charge in [0.2, 0.25) is 0 Å². The maximum atomic E-state index is 12.4.